The molecule has 6 N–H and O–H groups in total. The van der Waals surface area contributed by atoms with Crippen LogP contribution in [0.2, 0.25) is 0 Å². The van der Waals surface area contributed by atoms with Gasteiger partial charge in [-0.25, -0.2) is 0 Å². The highest BCUT2D eigenvalue weighted by Gasteiger charge is 2.68. The summed E-state index contributed by atoms with van der Waals surface area (Å²) in [6.07, 6.45) is -0.931. The lowest BCUT2D eigenvalue weighted by Gasteiger charge is -2.47. The average Bonchev–Trinajstić information content (AvgIpc) is 2.28. The third kappa shape index (κ3) is 2.98. The number of hydrogen-bond donors (Lipinski definition) is 5. The molecule has 0 aromatic rings. The zero-order chi connectivity index (χ0) is 17.3. The van der Waals surface area contributed by atoms with Crippen molar-refractivity contribution in [1.82, 2.24) is 0 Å². The number of hydrogen-bond acceptors (Lipinski definition) is 3. The molecule has 8 nitrogen and oxygen atoms in total. The van der Waals surface area contributed by atoms with E-state index in [-0.39, 0.29) is 25.7 Å². The molecule has 21 heavy (non-hydrogen) atoms. The summed E-state index contributed by atoms with van der Waals surface area (Å²) in [5, 5.41) is 0. The molecule has 0 amide bonds. The van der Waals surface area contributed by atoms with Gasteiger partial charge in [0.05, 0.1) is 0 Å². The second-order valence-corrected chi connectivity index (χ2v) is 12.7. The van der Waals surface area contributed by atoms with Crippen LogP contribution in [0, 0.1) is 0 Å². The Kier molecular flexibility index (Phi) is 6.70. The molecule has 128 valence electrons. The van der Waals surface area contributed by atoms with E-state index in [2.05, 4.69) is 0 Å². The molecule has 0 unspecified atom stereocenters. The van der Waals surface area contributed by atoms with Crippen LogP contribution in [0.15, 0.2) is 0 Å². The molecule has 0 aromatic carbocycles. The predicted octanol–water partition coefficient (Wildman–Crippen LogP) is 2.61. The van der Waals surface area contributed by atoms with Gasteiger partial charge in [-0.05, 0) is 25.7 Å². The standard InChI is InChI=1S/C10H26NO7P3/c1-5-9(6-2,20(13,14)15)19(11,12)10(7-3,8-4)21(16,17)18/h5-8H2,1-4H3,(H2,11,12)(H2,13,14,15)(H2,16,17,18). The Morgan fingerprint density at radius 3 is 1.00 bits per heavy atom. The van der Waals surface area contributed by atoms with Gasteiger partial charge < -0.3 is 24.1 Å². The first kappa shape index (κ1) is 21.5. The second-order valence-electron chi connectivity index (χ2n) is 5.13. The van der Waals surface area contributed by atoms with E-state index in [0.29, 0.717) is 0 Å². The van der Waals surface area contributed by atoms with Crippen LogP contribution >= 0.6 is 22.5 Å². The minimum Gasteiger partial charge on any atom is -0.324 e. The molecule has 0 bridgehead atoms. The highest BCUT2D eigenvalue weighted by Crippen LogP contribution is 2.84. The molecule has 0 aliphatic rings. The Bertz CT molecular complexity index is 459. The summed E-state index contributed by atoms with van der Waals surface area (Å²) >= 11 is 0. The van der Waals surface area contributed by atoms with Gasteiger partial charge in [-0.1, -0.05) is 27.7 Å². The van der Waals surface area contributed by atoms with Crippen LogP contribution in [0.4, 0.5) is 0 Å². The van der Waals surface area contributed by atoms with Gasteiger partial charge in [0.15, 0.2) is 7.29 Å². The largest absolute Gasteiger partial charge is 0.340 e. The molecule has 0 heterocycles. The van der Waals surface area contributed by atoms with Gasteiger partial charge in [-0.3, -0.25) is 14.6 Å². The Morgan fingerprint density at radius 1 is 0.714 bits per heavy atom. The van der Waals surface area contributed by atoms with E-state index >= 15 is 0 Å². The van der Waals surface area contributed by atoms with Crippen LogP contribution in [0.1, 0.15) is 53.4 Å². The van der Waals surface area contributed by atoms with E-state index in [9.17, 15) is 33.3 Å². The molecule has 0 saturated carbocycles. The third-order valence-corrected chi connectivity index (χ3v) is 15.1. The van der Waals surface area contributed by atoms with Gasteiger partial charge >= 0.3 is 15.2 Å². The van der Waals surface area contributed by atoms with Gasteiger partial charge in [0.25, 0.3) is 0 Å². The van der Waals surface area contributed by atoms with Crippen molar-refractivity contribution in [2.45, 2.75) is 63.2 Å². The maximum atomic E-state index is 13.3. The lowest BCUT2D eigenvalue weighted by molar-refractivity contribution is 0.328. The molecular weight excluding hydrogens is 339 g/mol. The smallest absolute Gasteiger partial charge is 0.324 e. The molecule has 0 rings (SSSR count). The quantitative estimate of drug-likeness (QED) is 0.411. The van der Waals surface area contributed by atoms with Gasteiger partial charge in [0.2, 0.25) is 0 Å². The average molecular weight is 365 g/mol. The van der Waals surface area contributed by atoms with Crippen LogP contribution in [0.3, 0.4) is 0 Å². The molecule has 11 heteroatoms. The predicted molar refractivity (Wildman–Crippen MR) is 82.5 cm³/mol. The summed E-state index contributed by atoms with van der Waals surface area (Å²) < 4.78 is 37.2. The minimum atomic E-state index is -4.95. The highest BCUT2D eigenvalue weighted by atomic mass is 31.3. The summed E-state index contributed by atoms with van der Waals surface area (Å²) in [6, 6.07) is 0. The Hall–Kier alpha value is 0.490. The number of nitrogens with two attached hydrogens (primary N) is 1. The molecule has 0 saturated heterocycles. The Morgan fingerprint density at radius 2 is 0.905 bits per heavy atom. The van der Waals surface area contributed by atoms with E-state index in [1.165, 1.54) is 27.7 Å². The first-order valence-electron chi connectivity index (χ1n) is 6.74. The van der Waals surface area contributed by atoms with Crippen molar-refractivity contribution < 1.29 is 33.3 Å². The van der Waals surface area contributed by atoms with Crippen LogP contribution in [0.25, 0.3) is 0 Å². The summed E-state index contributed by atoms with van der Waals surface area (Å²) in [6.45, 7) is 5.66. The summed E-state index contributed by atoms with van der Waals surface area (Å²) in [7, 11) is -14.3. The van der Waals surface area contributed by atoms with E-state index < -0.39 is 32.3 Å². The van der Waals surface area contributed by atoms with Crippen molar-refractivity contribution in [2.24, 2.45) is 5.50 Å². The Labute approximate surface area is 125 Å². The van der Waals surface area contributed by atoms with E-state index in [1.54, 1.807) is 0 Å². The minimum absolute atomic E-state index is 0.233. The third-order valence-electron chi connectivity index (χ3n) is 4.59. The lowest BCUT2D eigenvalue weighted by atomic mass is 10.2. The molecule has 0 atom stereocenters. The van der Waals surface area contributed by atoms with Crippen molar-refractivity contribution in [3.05, 3.63) is 0 Å². The molecule has 0 aliphatic carbocycles. The van der Waals surface area contributed by atoms with Crippen molar-refractivity contribution in [3.63, 3.8) is 0 Å². The first-order chi connectivity index (χ1) is 9.24. The topological polar surface area (TPSA) is 158 Å². The van der Waals surface area contributed by atoms with Gasteiger partial charge in [-0.2, -0.15) is 0 Å². The number of rotatable bonds is 8. The van der Waals surface area contributed by atoms with Crippen molar-refractivity contribution in [1.29, 1.82) is 0 Å². The summed E-state index contributed by atoms with van der Waals surface area (Å²) in [5.41, 5.74) is 5.86. The second kappa shape index (κ2) is 6.54. The molecule has 0 aromatic heterocycles. The molecule has 0 radical (unpaired) electrons. The molecule has 0 spiro atoms. The van der Waals surface area contributed by atoms with Gasteiger partial charge in [0.1, 0.15) is 9.79 Å². The molecular formula is C10H26NO7P3. The zero-order valence-corrected chi connectivity index (χ0v) is 15.4. The summed E-state index contributed by atoms with van der Waals surface area (Å²) in [5.74, 6) is 0. The van der Waals surface area contributed by atoms with Gasteiger partial charge in [0, 0.05) is 0 Å². The van der Waals surface area contributed by atoms with E-state index in [4.69, 9.17) is 5.50 Å². The summed E-state index contributed by atoms with van der Waals surface area (Å²) in [4.78, 5) is 34.5. The molecule has 0 fully saturated rings. The zero-order valence-electron chi connectivity index (χ0n) is 12.8. The fraction of sp³-hybridized carbons (Fsp3) is 1.00. The lowest BCUT2D eigenvalue weighted by Crippen LogP contribution is -2.43. The molecule has 0 aliphatic heterocycles. The van der Waals surface area contributed by atoms with Crippen LogP contribution < -0.4 is 5.50 Å². The van der Waals surface area contributed by atoms with Gasteiger partial charge in [-0.15, -0.1) is 0 Å². The van der Waals surface area contributed by atoms with E-state index in [1.807, 2.05) is 0 Å². The fourth-order valence-corrected chi connectivity index (χ4v) is 11.8. The van der Waals surface area contributed by atoms with Crippen molar-refractivity contribution in [3.8, 4) is 0 Å². The maximum absolute atomic E-state index is 13.3. The Balaban J connectivity index is 6.70. The van der Waals surface area contributed by atoms with Crippen molar-refractivity contribution in [2.75, 3.05) is 0 Å². The van der Waals surface area contributed by atoms with Crippen LogP contribution in [-0.2, 0) is 13.7 Å². The first-order valence-corrected chi connectivity index (χ1v) is 11.7. The maximum Gasteiger partial charge on any atom is 0.340 e. The fourth-order valence-electron chi connectivity index (χ4n) is 3.04. The normalized spacial score (nSPS) is 15.3. The van der Waals surface area contributed by atoms with Crippen molar-refractivity contribution >= 4 is 22.5 Å². The van der Waals surface area contributed by atoms with Crippen LogP contribution in [0.5, 0.6) is 0 Å². The van der Waals surface area contributed by atoms with E-state index in [0.717, 1.165) is 0 Å². The van der Waals surface area contributed by atoms with Crippen LogP contribution in [-0.4, -0.2) is 29.4 Å². The monoisotopic (exact) mass is 365 g/mol. The highest BCUT2D eigenvalue weighted by molar-refractivity contribution is 7.85. The SMILES string of the molecule is CCC(CC)(P(=O)(O)O)P(N)(=O)C(CC)(CC)P(=O)(O)O.